The first-order valence-electron chi connectivity index (χ1n) is 7.79. The van der Waals surface area contributed by atoms with Gasteiger partial charge in [0.15, 0.2) is 5.16 Å². The van der Waals surface area contributed by atoms with Crippen LogP contribution in [0, 0.1) is 12.7 Å². The Labute approximate surface area is 163 Å². The van der Waals surface area contributed by atoms with Crippen molar-refractivity contribution in [3.05, 3.63) is 81.8 Å². The molecule has 0 spiro atoms. The molecule has 7 heteroatoms. The summed E-state index contributed by atoms with van der Waals surface area (Å²) >= 11 is 4.71. The Morgan fingerprint density at radius 3 is 2.65 bits per heavy atom. The van der Waals surface area contributed by atoms with Crippen LogP contribution in [0.1, 0.15) is 21.6 Å². The number of carbonyl (C=O) groups is 1. The van der Waals surface area contributed by atoms with Crippen LogP contribution in [-0.2, 0) is 5.75 Å². The van der Waals surface area contributed by atoms with Gasteiger partial charge >= 0.3 is 0 Å². The molecule has 0 unspecified atom stereocenters. The molecule has 0 aliphatic carbocycles. The van der Waals surface area contributed by atoms with Crippen molar-refractivity contribution in [1.82, 2.24) is 9.97 Å². The topological polar surface area (TPSA) is 54.9 Å². The number of hydrogen-bond acceptors (Lipinski definition) is 4. The fourth-order valence-electron chi connectivity index (χ4n) is 2.20. The van der Waals surface area contributed by atoms with Gasteiger partial charge < -0.3 is 5.32 Å². The zero-order valence-corrected chi connectivity index (χ0v) is 16.3. The molecular weight excluding hydrogens is 417 g/mol. The molecule has 0 atom stereocenters. The molecule has 1 amide bonds. The third kappa shape index (κ3) is 4.68. The van der Waals surface area contributed by atoms with E-state index in [1.54, 1.807) is 18.3 Å². The number of nitrogens with zero attached hydrogens (tertiary/aromatic N) is 2. The third-order valence-corrected chi connectivity index (χ3v) is 5.12. The number of aromatic nitrogens is 2. The monoisotopic (exact) mass is 431 g/mol. The van der Waals surface area contributed by atoms with Crippen molar-refractivity contribution in [3.63, 3.8) is 0 Å². The maximum atomic E-state index is 13.0. The van der Waals surface area contributed by atoms with Crippen molar-refractivity contribution in [2.45, 2.75) is 17.8 Å². The van der Waals surface area contributed by atoms with E-state index >= 15 is 0 Å². The van der Waals surface area contributed by atoms with E-state index in [-0.39, 0.29) is 17.4 Å². The highest BCUT2D eigenvalue weighted by molar-refractivity contribution is 9.10. The molecule has 26 heavy (non-hydrogen) atoms. The minimum atomic E-state index is -0.308. The molecule has 0 aliphatic rings. The Hall–Kier alpha value is -2.25. The smallest absolute Gasteiger partial charge is 0.275 e. The SMILES string of the molecule is Cc1ccccc1NC(=O)c1nc(SCc2ccc(F)cc2)ncc1Br. The molecule has 0 fully saturated rings. The summed E-state index contributed by atoms with van der Waals surface area (Å²) in [7, 11) is 0. The second-order valence-corrected chi connectivity index (χ2v) is 7.33. The van der Waals surface area contributed by atoms with Crippen molar-refractivity contribution in [2.75, 3.05) is 5.32 Å². The van der Waals surface area contributed by atoms with E-state index in [0.717, 1.165) is 16.8 Å². The molecule has 1 N–H and O–H groups in total. The Morgan fingerprint density at radius 1 is 1.19 bits per heavy atom. The molecule has 0 bridgehead atoms. The van der Waals surface area contributed by atoms with Crippen LogP contribution in [0.15, 0.2) is 64.4 Å². The van der Waals surface area contributed by atoms with Gasteiger partial charge in [0, 0.05) is 17.6 Å². The maximum Gasteiger partial charge on any atom is 0.275 e. The third-order valence-electron chi connectivity index (χ3n) is 3.61. The van der Waals surface area contributed by atoms with Gasteiger partial charge in [0.1, 0.15) is 11.5 Å². The molecule has 3 aromatic rings. The Balaban J connectivity index is 1.73. The van der Waals surface area contributed by atoms with Crippen LogP contribution in [-0.4, -0.2) is 15.9 Å². The summed E-state index contributed by atoms with van der Waals surface area (Å²) < 4.78 is 13.5. The largest absolute Gasteiger partial charge is 0.320 e. The molecule has 0 saturated carbocycles. The van der Waals surface area contributed by atoms with E-state index in [0.29, 0.717) is 15.4 Å². The summed E-state index contributed by atoms with van der Waals surface area (Å²) in [5, 5.41) is 3.34. The fraction of sp³-hybridized carbons (Fsp3) is 0.105. The first kappa shape index (κ1) is 18.5. The van der Waals surface area contributed by atoms with E-state index in [1.807, 2.05) is 31.2 Å². The summed E-state index contributed by atoms with van der Waals surface area (Å²) in [6.45, 7) is 1.93. The predicted molar refractivity (Wildman–Crippen MR) is 105 cm³/mol. The average molecular weight is 432 g/mol. The lowest BCUT2D eigenvalue weighted by molar-refractivity contribution is 0.102. The molecule has 1 heterocycles. The zero-order valence-electron chi connectivity index (χ0n) is 13.9. The van der Waals surface area contributed by atoms with E-state index in [9.17, 15) is 9.18 Å². The first-order valence-corrected chi connectivity index (χ1v) is 9.57. The summed E-state index contributed by atoms with van der Waals surface area (Å²) in [6, 6.07) is 13.8. The van der Waals surface area contributed by atoms with Gasteiger partial charge in [-0.1, -0.05) is 42.1 Å². The van der Waals surface area contributed by atoms with Gasteiger partial charge in [-0.15, -0.1) is 0 Å². The van der Waals surface area contributed by atoms with Crippen LogP contribution in [0.2, 0.25) is 0 Å². The van der Waals surface area contributed by atoms with Crippen molar-refractivity contribution < 1.29 is 9.18 Å². The zero-order chi connectivity index (χ0) is 18.5. The van der Waals surface area contributed by atoms with Crippen LogP contribution in [0.5, 0.6) is 0 Å². The molecule has 0 radical (unpaired) electrons. The molecule has 132 valence electrons. The quantitative estimate of drug-likeness (QED) is 0.443. The van der Waals surface area contributed by atoms with E-state index in [1.165, 1.54) is 23.9 Å². The average Bonchev–Trinajstić information content (AvgIpc) is 2.64. The lowest BCUT2D eigenvalue weighted by Crippen LogP contribution is -2.16. The van der Waals surface area contributed by atoms with Crippen molar-refractivity contribution in [3.8, 4) is 0 Å². The highest BCUT2D eigenvalue weighted by Gasteiger charge is 2.15. The summed E-state index contributed by atoms with van der Waals surface area (Å²) in [5.41, 5.74) is 2.93. The molecule has 3 rings (SSSR count). The minimum absolute atomic E-state index is 0.268. The second kappa shape index (κ2) is 8.42. The number of anilines is 1. The fourth-order valence-corrected chi connectivity index (χ4v) is 3.35. The van der Waals surface area contributed by atoms with Crippen LogP contribution < -0.4 is 5.32 Å². The van der Waals surface area contributed by atoms with Crippen LogP contribution in [0.25, 0.3) is 0 Å². The van der Waals surface area contributed by atoms with Gasteiger partial charge in [0.05, 0.1) is 4.47 Å². The van der Waals surface area contributed by atoms with Crippen LogP contribution >= 0.6 is 27.7 Å². The first-order chi connectivity index (χ1) is 12.5. The van der Waals surface area contributed by atoms with E-state index in [2.05, 4.69) is 31.2 Å². The molecule has 0 aliphatic heterocycles. The Kier molecular flexibility index (Phi) is 6.00. The van der Waals surface area contributed by atoms with E-state index in [4.69, 9.17) is 0 Å². The number of amides is 1. The van der Waals surface area contributed by atoms with Crippen LogP contribution in [0.3, 0.4) is 0 Å². The normalized spacial score (nSPS) is 10.6. The van der Waals surface area contributed by atoms with Gasteiger partial charge in [-0.25, -0.2) is 14.4 Å². The predicted octanol–water partition coefficient (Wildman–Crippen LogP) is 5.23. The second-order valence-electron chi connectivity index (χ2n) is 5.53. The number of carbonyl (C=O) groups excluding carboxylic acids is 1. The van der Waals surface area contributed by atoms with Crippen molar-refractivity contribution >= 4 is 39.3 Å². The number of hydrogen-bond donors (Lipinski definition) is 1. The maximum absolute atomic E-state index is 13.0. The van der Waals surface area contributed by atoms with Gasteiger partial charge in [0.2, 0.25) is 0 Å². The number of halogens is 2. The summed E-state index contributed by atoms with van der Waals surface area (Å²) in [5.74, 6) is 0.00633. The van der Waals surface area contributed by atoms with Gasteiger partial charge in [0.25, 0.3) is 5.91 Å². The van der Waals surface area contributed by atoms with Crippen molar-refractivity contribution in [1.29, 1.82) is 0 Å². The minimum Gasteiger partial charge on any atom is -0.320 e. The Morgan fingerprint density at radius 2 is 1.92 bits per heavy atom. The lowest BCUT2D eigenvalue weighted by Gasteiger charge is -2.09. The summed E-state index contributed by atoms with van der Waals surface area (Å²) in [6.07, 6.45) is 1.56. The van der Waals surface area contributed by atoms with E-state index < -0.39 is 0 Å². The molecule has 1 aromatic heterocycles. The highest BCUT2D eigenvalue weighted by atomic mass is 79.9. The standard InChI is InChI=1S/C19H15BrFN3OS/c1-12-4-2-3-5-16(12)23-18(25)17-15(20)10-22-19(24-17)26-11-13-6-8-14(21)9-7-13/h2-10H,11H2,1H3,(H,23,25). The number of thioether (sulfide) groups is 1. The number of rotatable bonds is 5. The molecule has 0 saturated heterocycles. The number of para-hydroxylation sites is 1. The Bertz CT molecular complexity index is 934. The number of benzene rings is 2. The van der Waals surface area contributed by atoms with Gasteiger partial charge in [-0.3, -0.25) is 4.79 Å². The molecular formula is C19H15BrFN3OS. The number of nitrogens with one attached hydrogen (secondary N) is 1. The highest BCUT2D eigenvalue weighted by Crippen LogP contribution is 2.23. The number of aryl methyl sites for hydroxylation is 1. The van der Waals surface area contributed by atoms with Crippen molar-refractivity contribution in [2.24, 2.45) is 0 Å². The molecule has 2 aromatic carbocycles. The van der Waals surface area contributed by atoms with Gasteiger partial charge in [-0.05, 0) is 52.2 Å². The lowest BCUT2D eigenvalue weighted by atomic mass is 10.2. The molecule has 4 nitrogen and oxygen atoms in total. The van der Waals surface area contributed by atoms with Crippen LogP contribution in [0.4, 0.5) is 10.1 Å². The summed E-state index contributed by atoms with van der Waals surface area (Å²) in [4.78, 5) is 21.1. The van der Waals surface area contributed by atoms with Gasteiger partial charge in [-0.2, -0.15) is 0 Å².